The topological polar surface area (TPSA) is 29.5 Å². The fraction of sp³-hybridized carbons (Fsp3) is 0.467. The SMILES string of the molecule is CC1(C)Oc2cccc(O)c2C2=C1CCCC2. The second-order valence-corrected chi connectivity index (χ2v) is 5.43. The van der Waals surface area contributed by atoms with Gasteiger partial charge in [-0.05, 0) is 62.8 Å². The molecule has 0 fully saturated rings. The Morgan fingerprint density at radius 2 is 1.94 bits per heavy atom. The summed E-state index contributed by atoms with van der Waals surface area (Å²) < 4.78 is 6.05. The Hall–Kier alpha value is -1.44. The van der Waals surface area contributed by atoms with Crippen molar-refractivity contribution in [3.05, 3.63) is 29.3 Å². The molecule has 0 saturated carbocycles. The number of phenolic OH excluding ortho intramolecular Hbond substituents is 1. The van der Waals surface area contributed by atoms with Gasteiger partial charge in [0.05, 0.1) is 5.56 Å². The van der Waals surface area contributed by atoms with E-state index in [1.807, 2.05) is 12.1 Å². The highest BCUT2D eigenvalue weighted by molar-refractivity contribution is 5.80. The summed E-state index contributed by atoms with van der Waals surface area (Å²) in [5.74, 6) is 1.18. The molecular formula is C15H18O2. The zero-order valence-electron chi connectivity index (χ0n) is 10.4. The van der Waals surface area contributed by atoms with E-state index < -0.39 is 0 Å². The van der Waals surface area contributed by atoms with Gasteiger partial charge in [0.25, 0.3) is 0 Å². The van der Waals surface area contributed by atoms with Gasteiger partial charge in [-0.3, -0.25) is 0 Å². The molecule has 1 aromatic carbocycles. The molecule has 0 radical (unpaired) electrons. The van der Waals surface area contributed by atoms with E-state index in [2.05, 4.69) is 13.8 Å². The van der Waals surface area contributed by atoms with Crippen molar-refractivity contribution in [1.29, 1.82) is 0 Å². The van der Waals surface area contributed by atoms with Gasteiger partial charge in [-0.15, -0.1) is 0 Å². The van der Waals surface area contributed by atoms with E-state index in [1.165, 1.54) is 24.0 Å². The second kappa shape index (κ2) is 3.52. The quantitative estimate of drug-likeness (QED) is 0.732. The fourth-order valence-corrected chi connectivity index (χ4v) is 3.09. The Labute approximate surface area is 102 Å². The third-order valence-electron chi connectivity index (χ3n) is 3.87. The third kappa shape index (κ3) is 1.54. The predicted octanol–water partition coefficient (Wildman–Crippen LogP) is 3.89. The van der Waals surface area contributed by atoms with Gasteiger partial charge in [-0.25, -0.2) is 0 Å². The molecule has 0 aromatic heterocycles. The number of phenols is 1. The molecule has 1 aliphatic carbocycles. The molecule has 0 atom stereocenters. The highest BCUT2D eigenvalue weighted by Crippen LogP contribution is 2.49. The molecule has 2 nitrogen and oxygen atoms in total. The second-order valence-electron chi connectivity index (χ2n) is 5.43. The molecular weight excluding hydrogens is 212 g/mol. The zero-order chi connectivity index (χ0) is 12.0. The lowest BCUT2D eigenvalue weighted by molar-refractivity contribution is 0.137. The van der Waals surface area contributed by atoms with Gasteiger partial charge >= 0.3 is 0 Å². The van der Waals surface area contributed by atoms with E-state index >= 15 is 0 Å². The Bertz CT molecular complexity index is 498. The minimum absolute atomic E-state index is 0.226. The zero-order valence-corrected chi connectivity index (χ0v) is 10.4. The summed E-state index contributed by atoms with van der Waals surface area (Å²) in [6.07, 6.45) is 4.60. The Kier molecular flexibility index (Phi) is 2.22. The highest BCUT2D eigenvalue weighted by Gasteiger charge is 2.36. The Morgan fingerprint density at radius 3 is 2.76 bits per heavy atom. The number of allylic oxidation sites excluding steroid dienone is 1. The largest absolute Gasteiger partial charge is 0.507 e. The summed E-state index contributed by atoms with van der Waals surface area (Å²) in [7, 11) is 0. The van der Waals surface area contributed by atoms with E-state index in [9.17, 15) is 5.11 Å². The predicted molar refractivity (Wildman–Crippen MR) is 68.2 cm³/mol. The molecule has 1 aromatic rings. The van der Waals surface area contributed by atoms with Crippen molar-refractivity contribution >= 4 is 5.57 Å². The van der Waals surface area contributed by atoms with Crippen LogP contribution < -0.4 is 4.74 Å². The molecule has 17 heavy (non-hydrogen) atoms. The highest BCUT2D eigenvalue weighted by atomic mass is 16.5. The van der Waals surface area contributed by atoms with Crippen molar-refractivity contribution < 1.29 is 9.84 Å². The van der Waals surface area contributed by atoms with Gasteiger partial charge in [0.15, 0.2) is 0 Å². The first kappa shape index (κ1) is 10.7. The maximum Gasteiger partial charge on any atom is 0.131 e. The van der Waals surface area contributed by atoms with Crippen LogP contribution in [0.1, 0.15) is 45.1 Å². The number of benzene rings is 1. The first-order chi connectivity index (χ1) is 8.09. The van der Waals surface area contributed by atoms with Gasteiger partial charge in [-0.2, -0.15) is 0 Å². The molecule has 2 heteroatoms. The smallest absolute Gasteiger partial charge is 0.131 e. The van der Waals surface area contributed by atoms with Gasteiger partial charge in [0, 0.05) is 0 Å². The number of fused-ring (bicyclic) bond motifs is 2. The maximum absolute atomic E-state index is 10.1. The van der Waals surface area contributed by atoms with Crippen LogP contribution in [-0.2, 0) is 0 Å². The number of hydrogen-bond acceptors (Lipinski definition) is 2. The van der Waals surface area contributed by atoms with Gasteiger partial charge in [-0.1, -0.05) is 6.07 Å². The van der Waals surface area contributed by atoms with E-state index in [0.717, 1.165) is 24.2 Å². The average Bonchev–Trinajstić information content (AvgIpc) is 2.28. The van der Waals surface area contributed by atoms with Crippen molar-refractivity contribution in [3.8, 4) is 11.5 Å². The molecule has 1 aliphatic heterocycles. The molecule has 0 saturated heterocycles. The van der Waals surface area contributed by atoms with Crippen molar-refractivity contribution in [2.75, 3.05) is 0 Å². The average molecular weight is 230 g/mol. The number of rotatable bonds is 0. The summed E-state index contributed by atoms with van der Waals surface area (Å²) in [5.41, 5.74) is 3.40. The van der Waals surface area contributed by atoms with Crippen LogP contribution in [0.4, 0.5) is 0 Å². The fourth-order valence-electron chi connectivity index (χ4n) is 3.09. The molecule has 0 spiro atoms. The van der Waals surface area contributed by atoms with E-state index in [0.29, 0.717) is 5.75 Å². The van der Waals surface area contributed by atoms with Crippen LogP contribution >= 0.6 is 0 Å². The number of hydrogen-bond donors (Lipinski definition) is 1. The lowest BCUT2D eigenvalue weighted by atomic mass is 9.78. The molecule has 2 aliphatic rings. The summed E-state index contributed by atoms with van der Waals surface area (Å²) in [6.45, 7) is 4.25. The standard InChI is InChI=1S/C15H18O2/c1-15(2)11-7-4-3-6-10(11)14-12(16)8-5-9-13(14)17-15/h5,8-9,16H,3-4,6-7H2,1-2H3. The van der Waals surface area contributed by atoms with Crippen LogP contribution in [0.15, 0.2) is 23.8 Å². The van der Waals surface area contributed by atoms with Crippen LogP contribution in [0.2, 0.25) is 0 Å². The minimum atomic E-state index is -0.226. The van der Waals surface area contributed by atoms with Crippen molar-refractivity contribution in [2.24, 2.45) is 0 Å². The molecule has 0 unspecified atom stereocenters. The van der Waals surface area contributed by atoms with E-state index in [-0.39, 0.29) is 5.60 Å². The summed E-state index contributed by atoms with van der Waals surface area (Å²) in [5, 5.41) is 10.1. The monoisotopic (exact) mass is 230 g/mol. The van der Waals surface area contributed by atoms with Gasteiger partial charge in [0.1, 0.15) is 17.1 Å². The molecule has 1 heterocycles. The summed E-state index contributed by atoms with van der Waals surface area (Å²) in [4.78, 5) is 0. The van der Waals surface area contributed by atoms with Gasteiger partial charge in [0.2, 0.25) is 0 Å². The molecule has 3 rings (SSSR count). The summed E-state index contributed by atoms with van der Waals surface area (Å²) >= 11 is 0. The molecule has 90 valence electrons. The van der Waals surface area contributed by atoms with Crippen LogP contribution in [0, 0.1) is 0 Å². The maximum atomic E-state index is 10.1. The third-order valence-corrected chi connectivity index (χ3v) is 3.87. The molecule has 0 bridgehead atoms. The molecule has 0 amide bonds. The van der Waals surface area contributed by atoms with Crippen molar-refractivity contribution in [1.82, 2.24) is 0 Å². The van der Waals surface area contributed by atoms with Crippen LogP contribution in [0.5, 0.6) is 11.5 Å². The van der Waals surface area contributed by atoms with Gasteiger partial charge < -0.3 is 9.84 Å². The lowest BCUT2D eigenvalue weighted by Gasteiger charge is -2.39. The van der Waals surface area contributed by atoms with Crippen LogP contribution in [0.3, 0.4) is 0 Å². The van der Waals surface area contributed by atoms with E-state index in [1.54, 1.807) is 6.07 Å². The van der Waals surface area contributed by atoms with Crippen LogP contribution in [0.25, 0.3) is 5.57 Å². The number of aromatic hydroxyl groups is 1. The Morgan fingerprint density at radius 1 is 1.18 bits per heavy atom. The summed E-state index contributed by atoms with van der Waals surface area (Å²) in [6, 6.07) is 5.55. The first-order valence-electron chi connectivity index (χ1n) is 6.33. The molecule has 1 N–H and O–H groups in total. The minimum Gasteiger partial charge on any atom is -0.507 e. The lowest BCUT2D eigenvalue weighted by Crippen LogP contribution is -2.35. The van der Waals surface area contributed by atoms with E-state index in [4.69, 9.17) is 4.74 Å². The van der Waals surface area contributed by atoms with Crippen LogP contribution in [-0.4, -0.2) is 10.7 Å². The normalized spacial score (nSPS) is 21.5. The van der Waals surface area contributed by atoms with Crippen molar-refractivity contribution in [3.63, 3.8) is 0 Å². The number of ether oxygens (including phenoxy) is 1. The Balaban J connectivity index is 2.26. The van der Waals surface area contributed by atoms with Crippen molar-refractivity contribution in [2.45, 2.75) is 45.1 Å². The first-order valence-corrected chi connectivity index (χ1v) is 6.33.